The topological polar surface area (TPSA) is 6.48 Å². The van der Waals surface area contributed by atoms with Crippen molar-refractivity contribution in [3.8, 4) is 0 Å². The summed E-state index contributed by atoms with van der Waals surface area (Å²) in [7, 11) is 0. The Morgan fingerprint density at radius 1 is 0.462 bits per heavy atom. The first kappa shape index (κ1) is 47.9. The lowest BCUT2D eigenvalue weighted by Crippen LogP contribution is -2.21. The summed E-state index contributed by atoms with van der Waals surface area (Å²) in [6.45, 7) is 35.1. The number of hydrogen-bond acceptors (Lipinski definition) is 2. The van der Waals surface area contributed by atoms with Crippen LogP contribution < -0.4 is 9.80 Å². The molecule has 2 heteroatoms. The molecule has 1 aliphatic rings. The monoisotopic (exact) mass is 865 g/mol. The lowest BCUT2D eigenvalue weighted by atomic mass is 9.78. The van der Waals surface area contributed by atoms with E-state index in [1.165, 1.54) is 102 Å². The molecule has 0 bridgehead atoms. The van der Waals surface area contributed by atoms with E-state index in [4.69, 9.17) is 0 Å². The summed E-state index contributed by atoms with van der Waals surface area (Å²) in [5, 5.41) is 5.10. The SMILES string of the molecule is CCCCC(C)(C)c1ccc2c(N(c3ccc(C(C)C)cc3)c3ccc(C(C)(C)C)cc3)c3cc(C(C)(C)CC)ccc3c(N(C3=CC=C(C(C)C)CC3)c3ccc(C(C)C)cc3)c2c1. The van der Waals surface area contributed by atoms with Crippen LogP contribution in [0.4, 0.5) is 28.4 Å². The normalized spacial score (nSPS) is 13.9. The third kappa shape index (κ3) is 9.89. The summed E-state index contributed by atoms with van der Waals surface area (Å²) < 4.78 is 0. The van der Waals surface area contributed by atoms with Gasteiger partial charge in [0.15, 0.2) is 0 Å². The molecule has 0 saturated heterocycles. The van der Waals surface area contributed by atoms with Crippen molar-refractivity contribution in [2.24, 2.45) is 5.92 Å². The Hall–Kier alpha value is -5.08. The predicted molar refractivity (Wildman–Crippen MR) is 288 cm³/mol. The number of unbranched alkanes of at least 4 members (excludes halogenated alkanes) is 1. The van der Waals surface area contributed by atoms with Gasteiger partial charge in [0.25, 0.3) is 0 Å². The average molecular weight is 865 g/mol. The highest BCUT2D eigenvalue weighted by atomic mass is 15.2. The Morgan fingerprint density at radius 3 is 1.32 bits per heavy atom. The van der Waals surface area contributed by atoms with Crippen molar-refractivity contribution in [3.05, 3.63) is 160 Å². The molecule has 2 nitrogen and oxygen atoms in total. The van der Waals surface area contributed by atoms with Crippen LogP contribution in [0.1, 0.15) is 182 Å². The molecule has 6 aromatic rings. The van der Waals surface area contributed by atoms with E-state index in [2.05, 4.69) is 235 Å². The van der Waals surface area contributed by atoms with Gasteiger partial charge in [0.05, 0.1) is 11.4 Å². The van der Waals surface area contributed by atoms with E-state index in [1.54, 1.807) is 0 Å². The highest BCUT2D eigenvalue weighted by Crippen LogP contribution is 2.53. The van der Waals surface area contributed by atoms with Crippen LogP contribution in [0, 0.1) is 5.92 Å². The molecule has 0 atom stereocenters. The summed E-state index contributed by atoms with van der Waals surface area (Å²) in [6, 6.07) is 43.3. The molecule has 0 amide bonds. The summed E-state index contributed by atoms with van der Waals surface area (Å²) in [4.78, 5) is 5.23. The molecule has 65 heavy (non-hydrogen) atoms. The van der Waals surface area contributed by atoms with Gasteiger partial charge in [-0.3, -0.25) is 0 Å². The molecule has 7 rings (SSSR count). The number of anilines is 5. The van der Waals surface area contributed by atoms with Crippen molar-refractivity contribution in [2.75, 3.05) is 9.80 Å². The first-order valence-corrected chi connectivity index (χ1v) is 25.1. The van der Waals surface area contributed by atoms with Crippen LogP contribution in [-0.2, 0) is 16.2 Å². The standard InChI is InChI=1S/C63H80N2/c1-16-18-39-63(14,15)50-28-38-56-58(41-50)60(64(51-29-19-45(20-30-51)42(3)4)52-31-21-46(22-32-52)43(5)6)55-37-27-49(62(12,13)17-2)40-57(55)59(56)65(53-33-23-47(24-34-53)44(7)8)54-35-25-48(26-36-54)61(9,10)11/h19-21,23-31,33-38,40-44H,16-18,22,32,39H2,1-15H3. The van der Waals surface area contributed by atoms with Gasteiger partial charge in [0.2, 0.25) is 0 Å². The summed E-state index contributed by atoms with van der Waals surface area (Å²) >= 11 is 0. The maximum Gasteiger partial charge on any atom is 0.0620 e. The van der Waals surface area contributed by atoms with Crippen LogP contribution in [0.25, 0.3) is 21.5 Å². The van der Waals surface area contributed by atoms with Crippen LogP contribution in [0.3, 0.4) is 0 Å². The van der Waals surface area contributed by atoms with Gasteiger partial charge in [-0.25, -0.2) is 0 Å². The molecular weight excluding hydrogens is 785 g/mol. The van der Waals surface area contributed by atoms with Gasteiger partial charge in [-0.2, -0.15) is 0 Å². The second-order valence-electron chi connectivity index (χ2n) is 22.5. The van der Waals surface area contributed by atoms with E-state index in [0.717, 1.165) is 25.7 Å². The zero-order chi connectivity index (χ0) is 47.0. The van der Waals surface area contributed by atoms with Gasteiger partial charge in [0, 0.05) is 44.3 Å². The van der Waals surface area contributed by atoms with Crippen LogP contribution in [0.5, 0.6) is 0 Å². The van der Waals surface area contributed by atoms with E-state index in [1.807, 2.05) is 0 Å². The number of allylic oxidation sites excluding steroid dienone is 4. The fourth-order valence-electron chi connectivity index (χ4n) is 9.76. The van der Waals surface area contributed by atoms with Crippen molar-refractivity contribution < 1.29 is 0 Å². The van der Waals surface area contributed by atoms with Gasteiger partial charge in [-0.05, 0) is 142 Å². The molecule has 0 spiro atoms. The first-order chi connectivity index (χ1) is 30.7. The van der Waals surface area contributed by atoms with Crippen molar-refractivity contribution in [2.45, 2.75) is 170 Å². The molecule has 0 heterocycles. The molecule has 342 valence electrons. The zero-order valence-corrected chi connectivity index (χ0v) is 42.9. The summed E-state index contributed by atoms with van der Waals surface area (Å²) in [5.74, 6) is 1.42. The van der Waals surface area contributed by atoms with E-state index in [9.17, 15) is 0 Å². The maximum absolute atomic E-state index is 2.65. The fraction of sp³-hybridized carbons (Fsp3) is 0.429. The number of rotatable bonds is 15. The molecule has 0 saturated carbocycles. The molecule has 0 fully saturated rings. The average Bonchev–Trinajstić information content (AvgIpc) is 3.29. The van der Waals surface area contributed by atoms with Crippen LogP contribution in [0.15, 0.2) is 133 Å². The van der Waals surface area contributed by atoms with Crippen molar-refractivity contribution in [1.29, 1.82) is 0 Å². The molecule has 1 aliphatic carbocycles. The minimum atomic E-state index is -0.0118. The van der Waals surface area contributed by atoms with Gasteiger partial charge < -0.3 is 9.80 Å². The zero-order valence-electron chi connectivity index (χ0n) is 42.9. The Kier molecular flexibility index (Phi) is 14.0. The molecule has 0 aliphatic heterocycles. The first-order valence-electron chi connectivity index (χ1n) is 25.1. The van der Waals surface area contributed by atoms with Crippen LogP contribution in [-0.4, -0.2) is 0 Å². The molecule has 0 unspecified atom stereocenters. The number of fused-ring (bicyclic) bond motifs is 2. The largest absolute Gasteiger partial charge is 0.313 e. The third-order valence-corrected chi connectivity index (χ3v) is 14.9. The second kappa shape index (κ2) is 19.0. The Balaban J connectivity index is 1.69. The number of nitrogens with zero attached hydrogens (tertiary/aromatic N) is 2. The van der Waals surface area contributed by atoms with Crippen molar-refractivity contribution in [3.63, 3.8) is 0 Å². The Morgan fingerprint density at radius 2 is 0.908 bits per heavy atom. The molecule has 0 N–H and O–H groups in total. The molecular formula is C63H80N2. The van der Waals surface area contributed by atoms with Crippen LogP contribution >= 0.6 is 0 Å². The van der Waals surface area contributed by atoms with Crippen molar-refractivity contribution >= 4 is 50.0 Å². The minimum Gasteiger partial charge on any atom is -0.313 e. The smallest absolute Gasteiger partial charge is 0.0620 e. The van der Waals surface area contributed by atoms with E-state index in [-0.39, 0.29) is 16.2 Å². The van der Waals surface area contributed by atoms with Crippen molar-refractivity contribution in [1.82, 2.24) is 0 Å². The lowest BCUT2D eigenvalue weighted by molar-refractivity contribution is 0.458. The van der Waals surface area contributed by atoms with Crippen LogP contribution in [0.2, 0.25) is 0 Å². The second-order valence-corrected chi connectivity index (χ2v) is 22.5. The molecule has 0 radical (unpaired) electrons. The lowest BCUT2D eigenvalue weighted by Gasteiger charge is -2.36. The summed E-state index contributed by atoms with van der Waals surface area (Å²) in [5.41, 5.74) is 15.8. The molecule has 0 aromatic heterocycles. The van der Waals surface area contributed by atoms with E-state index in [0.29, 0.717) is 17.8 Å². The maximum atomic E-state index is 2.65. The van der Waals surface area contributed by atoms with Gasteiger partial charge >= 0.3 is 0 Å². The fourth-order valence-corrected chi connectivity index (χ4v) is 9.76. The van der Waals surface area contributed by atoms with E-state index < -0.39 is 0 Å². The third-order valence-electron chi connectivity index (χ3n) is 14.9. The Bertz CT molecular complexity index is 2660. The van der Waals surface area contributed by atoms with Gasteiger partial charge in [0.1, 0.15) is 0 Å². The van der Waals surface area contributed by atoms with Gasteiger partial charge in [-0.15, -0.1) is 0 Å². The summed E-state index contributed by atoms with van der Waals surface area (Å²) in [6.07, 6.45) is 11.5. The number of benzene rings is 6. The Labute approximate surface area is 394 Å². The minimum absolute atomic E-state index is 0.00347. The quantitative estimate of drug-likeness (QED) is 0.0750. The van der Waals surface area contributed by atoms with Gasteiger partial charge in [-0.1, -0.05) is 189 Å². The number of hydrogen-bond donors (Lipinski definition) is 0. The predicted octanol–water partition coefficient (Wildman–Crippen LogP) is 19.6. The highest BCUT2D eigenvalue weighted by Gasteiger charge is 2.31. The van der Waals surface area contributed by atoms with E-state index >= 15 is 0 Å². The highest BCUT2D eigenvalue weighted by molar-refractivity contribution is 6.23. The molecule has 6 aromatic carbocycles.